The van der Waals surface area contributed by atoms with E-state index in [1.165, 1.54) is 24.3 Å². The van der Waals surface area contributed by atoms with Crippen molar-refractivity contribution in [3.63, 3.8) is 0 Å². The van der Waals surface area contributed by atoms with Crippen molar-refractivity contribution >= 4 is 22.8 Å². The minimum absolute atomic E-state index is 0.0675. The lowest BCUT2D eigenvalue weighted by Crippen LogP contribution is -2.23. The van der Waals surface area contributed by atoms with Crippen LogP contribution in [0.4, 0.5) is 8.78 Å². The first-order valence-electron chi connectivity index (χ1n) is 9.50. The standard InChI is InChI=1S/C22H20F2N2O3/c23-15-3-1-13(2-4-15)21-17(18-11-16(24)5-7-19(18)26-21)6-8-20(27)29-12-14-9-10-25-22(14)28/h1-5,7,11,14,26H,6,8-10,12H2,(H,25,28). The number of aryl methyl sites for hydroxylation is 1. The molecule has 1 amide bonds. The number of esters is 1. The summed E-state index contributed by atoms with van der Waals surface area (Å²) < 4.78 is 32.4. The molecule has 29 heavy (non-hydrogen) atoms. The van der Waals surface area contributed by atoms with Crippen molar-refractivity contribution < 1.29 is 23.1 Å². The number of H-pyrrole nitrogens is 1. The Morgan fingerprint density at radius 2 is 1.86 bits per heavy atom. The van der Waals surface area contributed by atoms with Gasteiger partial charge in [0.1, 0.15) is 18.2 Å². The van der Waals surface area contributed by atoms with Gasteiger partial charge in [-0.15, -0.1) is 0 Å². The van der Waals surface area contributed by atoms with Gasteiger partial charge in [0.2, 0.25) is 5.91 Å². The first kappa shape index (κ1) is 19.1. The van der Waals surface area contributed by atoms with Crippen LogP contribution in [0.3, 0.4) is 0 Å². The fraction of sp³-hybridized carbons (Fsp3) is 0.273. The first-order chi connectivity index (χ1) is 14.0. The first-order valence-corrected chi connectivity index (χ1v) is 9.50. The summed E-state index contributed by atoms with van der Waals surface area (Å²) >= 11 is 0. The Balaban J connectivity index is 1.54. The molecule has 0 aliphatic carbocycles. The number of hydrogen-bond donors (Lipinski definition) is 2. The molecule has 0 saturated carbocycles. The van der Waals surface area contributed by atoms with Crippen LogP contribution in [0, 0.1) is 17.6 Å². The van der Waals surface area contributed by atoms with E-state index in [9.17, 15) is 18.4 Å². The monoisotopic (exact) mass is 398 g/mol. The summed E-state index contributed by atoms with van der Waals surface area (Å²) in [7, 11) is 0. The quantitative estimate of drug-likeness (QED) is 0.622. The smallest absolute Gasteiger partial charge is 0.306 e. The van der Waals surface area contributed by atoms with Crippen LogP contribution in [0.5, 0.6) is 0 Å². The second-order valence-corrected chi connectivity index (χ2v) is 7.13. The highest BCUT2D eigenvalue weighted by atomic mass is 19.1. The van der Waals surface area contributed by atoms with Gasteiger partial charge in [-0.2, -0.15) is 0 Å². The Hall–Kier alpha value is -3.22. The minimum Gasteiger partial charge on any atom is -0.465 e. The fourth-order valence-electron chi connectivity index (χ4n) is 3.64. The topological polar surface area (TPSA) is 71.2 Å². The molecule has 2 aromatic carbocycles. The van der Waals surface area contributed by atoms with Crippen molar-refractivity contribution in [3.8, 4) is 11.3 Å². The van der Waals surface area contributed by atoms with Gasteiger partial charge in [0.15, 0.2) is 0 Å². The Morgan fingerprint density at radius 3 is 2.59 bits per heavy atom. The Labute approximate surface area is 166 Å². The molecule has 1 fully saturated rings. The van der Waals surface area contributed by atoms with Crippen molar-refractivity contribution in [3.05, 3.63) is 59.7 Å². The molecule has 0 radical (unpaired) electrons. The third kappa shape index (κ3) is 4.13. The Kier molecular flexibility index (Phi) is 5.29. The molecule has 1 aromatic heterocycles. The minimum atomic E-state index is -0.416. The zero-order chi connectivity index (χ0) is 20.4. The molecular weight excluding hydrogens is 378 g/mol. The number of halogens is 2. The second-order valence-electron chi connectivity index (χ2n) is 7.13. The molecule has 0 bridgehead atoms. The number of rotatable bonds is 6. The summed E-state index contributed by atoms with van der Waals surface area (Å²) in [4.78, 5) is 27.0. The summed E-state index contributed by atoms with van der Waals surface area (Å²) in [5, 5.41) is 3.38. The molecule has 150 valence electrons. The maximum atomic E-state index is 13.8. The second kappa shape index (κ2) is 8.03. The van der Waals surface area contributed by atoms with Crippen molar-refractivity contribution in [1.82, 2.24) is 10.3 Å². The highest BCUT2D eigenvalue weighted by Gasteiger charge is 2.25. The number of aromatic nitrogens is 1. The third-order valence-electron chi connectivity index (χ3n) is 5.19. The van der Waals surface area contributed by atoms with Crippen LogP contribution < -0.4 is 5.32 Å². The van der Waals surface area contributed by atoms with E-state index in [2.05, 4.69) is 10.3 Å². The van der Waals surface area contributed by atoms with Crippen LogP contribution in [0.25, 0.3) is 22.2 Å². The number of fused-ring (bicyclic) bond motifs is 1. The molecular formula is C22H20F2N2O3. The van der Waals surface area contributed by atoms with Crippen LogP contribution in [0.2, 0.25) is 0 Å². The lowest BCUT2D eigenvalue weighted by molar-refractivity contribution is -0.145. The molecule has 1 aliphatic heterocycles. The molecule has 3 aromatic rings. The molecule has 7 heteroatoms. The van der Waals surface area contributed by atoms with Gasteiger partial charge in [-0.25, -0.2) is 8.78 Å². The lowest BCUT2D eigenvalue weighted by atomic mass is 10.0. The van der Waals surface area contributed by atoms with E-state index in [0.717, 1.165) is 16.6 Å². The molecule has 4 rings (SSSR count). The fourth-order valence-corrected chi connectivity index (χ4v) is 3.64. The van der Waals surface area contributed by atoms with Crippen LogP contribution in [-0.4, -0.2) is 30.0 Å². The van der Waals surface area contributed by atoms with Gasteiger partial charge >= 0.3 is 5.97 Å². The van der Waals surface area contributed by atoms with E-state index in [4.69, 9.17) is 4.74 Å². The number of benzene rings is 2. The van der Waals surface area contributed by atoms with Crippen LogP contribution in [-0.2, 0) is 20.7 Å². The SMILES string of the molecule is O=C(CCc1c(-c2ccc(F)cc2)[nH]c2ccc(F)cc12)OCC1CCNC1=O. The summed E-state index contributed by atoms with van der Waals surface area (Å²) in [5.41, 5.74) is 2.96. The van der Waals surface area contributed by atoms with E-state index >= 15 is 0 Å². The number of carbonyl (C=O) groups excluding carboxylic acids is 2. The van der Waals surface area contributed by atoms with Gasteiger partial charge in [0.25, 0.3) is 0 Å². The Morgan fingerprint density at radius 1 is 1.10 bits per heavy atom. The molecule has 2 N–H and O–H groups in total. The van der Waals surface area contributed by atoms with E-state index < -0.39 is 5.97 Å². The van der Waals surface area contributed by atoms with E-state index in [0.29, 0.717) is 30.5 Å². The summed E-state index contributed by atoms with van der Waals surface area (Å²) in [5.74, 6) is -1.53. The number of ether oxygens (including phenoxy) is 1. The normalized spacial score (nSPS) is 16.2. The van der Waals surface area contributed by atoms with Crippen LogP contribution in [0.1, 0.15) is 18.4 Å². The van der Waals surface area contributed by atoms with Gasteiger partial charge in [0.05, 0.1) is 5.92 Å². The average Bonchev–Trinajstić information content (AvgIpc) is 3.28. The largest absolute Gasteiger partial charge is 0.465 e. The third-order valence-corrected chi connectivity index (χ3v) is 5.19. The number of aromatic amines is 1. The van der Waals surface area contributed by atoms with Gasteiger partial charge in [-0.05, 0) is 66.4 Å². The summed E-state index contributed by atoms with van der Waals surface area (Å²) in [6, 6.07) is 10.4. The average molecular weight is 398 g/mol. The van der Waals surface area contributed by atoms with Crippen LogP contribution in [0.15, 0.2) is 42.5 Å². The van der Waals surface area contributed by atoms with Crippen molar-refractivity contribution in [2.24, 2.45) is 5.92 Å². The van der Waals surface area contributed by atoms with E-state index in [1.807, 2.05) is 0 Å². The van der Waals surface area contributed by atoms with E-state index in [1.54, 1.807) is 18.2 Å². The summed E-state index contributed by atoms with van der Waals surface area (Å²) in [6.07, 6.45) is 1.07. The predicted octanol–water partition coefficient (Wildman–Crippen LogP) is 3.73. The predicted molar refractivity (Wildman–Crippen MR) is 104 cm³/mol. The molecule has 2 heterocycles. The van der Waals surface area contributed by atoms with Gasteiger partial charge in [-0.3, -0.25) is 9.59 Å². The van der Waals surface area contributed by atoms with E-state index in [-0.39, 0.29) is 36.5 Å². The van der Waals surface area contributed by atoms with Gasteiger partial charge < -0.3 is 15.0 Å². The molecule has 1 atom stereocenters. The highest BCUT2D eigenvalue weighted by molar-refractivity contribution is 5.91. The number of hydrogen-bond acceptors (Lipinski definition) is 3. The van der Waals surface area contributed by atoms with Crippen molar-refractivity contribution in [2.45, 2.75) is 19.3 Å². The number of carbonyl (C=O) groups is 2. The molecule has 5 nitrogen and oxygen atoms in total. The highest BCUT2D eigenvalue weighted by Crippen LogP contribution is 2.32. The number of nitrogens with one attached hydrogen (secondary N) is 2. The molecule has 1 saturated heterocycles. The Bertz CT molecular complexity index is 1060. The maximum Gasteiger partial charge on any atom is 0.306 e. The van der Waals surface area contributed by atoms with Crippen molar-refractivity contribution in [2.75, 3.05) is 13.2 Å². The summed E-state index contributed by atoms with van der Waals surface area (Å²) in [6.45, 7) is 0.668. The number of amides is 1. The zero-order valence-electron chi connectivity index (χ0n) is 15.6. The lowest BCUT2D eigenvalue weighted by Gasteiger charge is -2.09. The maximum absolute atomic E-state index is 13.8. The molecule has 1 unspecified atom stereocenters. The zero-order valence-corrected chi connectivity index (χ0v) is 15.6. The van der Waals surface area contributed by atoms with Crippen LogP contribution >= 0.6 is 0 Å². The van der Waals surface area contributed by atoms with Crippen molar-refractivity contribution in [1.29, 1.82) is 0 Å². The van der Waals surface area contributed by atoms with Gasteiger partial charge in [-0.1, -0.05) is 0 Å². The molecule has 1 aliphatic rings. The van der Waals surface area contributed by atoms with Gasteiger partial charge in [0, 0.05) is 29.6 Å². The molecule has 0 spiro atoms.